The van der Waals surface area contributed by atoms with Crippen LogP contribution in [-0.4, -0.2) is 48.6 Å². The number of amides is 1. The predicted molar refractivity (Wildman–Crippen MR) is 57.6 cm³/mol. The molecular weight excluding hydrogens is 196 g/mol. The molecule has 2 unspecified atom stereocenters. The third-order valence-corrected chi connectivity index (χ3v) is 2.44. The number of nitrogens with one attached hydrogen (secondary N) is 1. The number of rotatable bonds is 6. The number of carbonyl (C=O) groups excluding carboxylic acids is 1. The summed E-state index contributed by atoms with van der Waals surface area (Å²) in [6, 6.07) is -0.127. The fraction of sp³-hybridized carbons (Fsp3) is 0.800. The van der Waals surface area contributed by atoms with Crippen LogP contribution in [0.25, 0.3) is 0 Å². The molecule has 0 saturated heterocycles. The van der Waals surface area contributed by atoms with Crippen molar-refractivity contribution in [1.29, 1.82) is 0 Å². The van der Waals surface area contributed by atoms with Gasteiger partial charge >= 0.3 is 5.97 Å². The molecule has 0 aliphatic rings. The molecule has 0 rings (SSSR count). The monoisotopic (exact) mass is 216 g/mol. The van der Waals surface area contributed by atoms with Crippen LogP contribution >= 0.6 is 0 Å². The number of hydrogen-bond acceptors (Lipinski definition) is 3. The molecule has 0 aromatic rings. The molecule has 0 radical (unpaired) electrons. The van der Waals surface area contributed by atoms with E-state index in [-0.39, 0.29) is 11.9 Å². The molecular formula is C10H20N2O3. The van der Waals surface area contributed by atoms with Gasteiger partial charge in [0, 0.05) is 33.1 Å². The zero-order valence-electron chi connectivity index (χ0n) is 9.78. The first kappa shape index (κ1) is 13.9. The molecule has 0 spiro atoms. The molecule has 0 aromatic carbocycles. The van der Waals surface area contributed by atoms with Crippen molar-refractivity contribution in [2.75, 3.05) is 20.6 Å². The van der Waals surface area contributed by atoms with Crippen LogP contribution in [0.1, 0.15) is 20.3 Å². The summed E-state index contributed by atoms with van der Waals surface area (Å²) in [5, 5.41) is 11.8. The third kappa shape index (κ3) is 5.37. The van der Waals surface area contributed by atoms with E-state index in [0.717, 1.165) is 0 Å². The van der Waals surface area contributed by atoms with Crippen LogP contribution in [0.4, 0.5) is 0 Å². The van der Waals surface area contributed by atoms with Gasteiger partial charge in [0.25, 0.3) is 0 Å². The van der Waals surface area contributed by atoms with Gasteiger partial charge in [0.1, 0.15) is 0 Å². The minimum atomic E-state index is -0.825. The van der Waals surface area contributed by atoms with Gasteiger partial charge in [-0.15, -0.1) is 0 Å². The first-order valence-electron chi connectivity index (χ1n) is 5.02. The van der Waals surface area contributed by atoms with Gasteiger partial charge in [-0.1, -0.05) is 6.92 Å². The Hall–Kier alpha value is -1.10. The van der Waals surface area contributed by atoms with Gasteiger partial charge in [0.2, 0.25) is 5.91 Å². The average Bonchev–Trinajstić information content (AvgIpc) is 2.15. The van der Waals surface area contributed by atoms with Crippen molar-refractivity contribution in [3.8, 4) is 0 Å². The lowest BCUT2D eigenvalue weighted by Gasteiger charge is -2.18. The molecule has 0 aliphatic carbocycles. The molecule has 0 heterocycles. The van der Waals surface area contributed by atoms with Crippen LogP contribution < -0.4 is 5.32 Å². The summed E-state index contributed by atoms with van der Waals surface area (Å²) in [6.07, 6.45) is 0.393. The van der Waals surface area contributed by atoms with Crippen molar-refractivity contribution < 1.29 is 14.7 Å². The normalized spacial score (nSPS) is 14.4. The van der Waals surface area contributed by atoms with E-state index in [1.807, 2.05) is 0 Å². The lowest BCUT2D eigenvalue weighted by molar-refractivity contribution is -0.141. The maximum Gasteiger partial charge on any atom is 0.307 e. The number of carbonyl (C=O) groups is 2. The topological polar surface area (TPSA) is 69.6 Å². The maximum atomic E-state index is 11.2. The first-order chi connectivity index (χ1) is 6.86. The minimum absolute atomic E-state index is 0.0395. The molecule has 15 heavy (non-hydrogen) atoms. The van der Waals surface area contributed by atoms with E-state index in [4.69, 9.17) is 5.11 Å². The molecule has 2 atom stereocenters. The summed E-state index contributed by atoms with van der Waals surface area (Å²) in [5.41, 5.74) is 0. The van der Waals surface area contributed by atoms with Gasteiger partial charge in [0.15, 0.2) is 0 Å². The maximum absolute atomic E-state index is 11.2. The number of carboxylic acids is 1. The van der Waals surface area contributed by atoms with E-state index in [2.05, 4.69) is 5.32 Å². The second-order valence-corrected chi connectivity index (χ2v) is 3.91. The Kier molecular flexibility index (Phi) is 5.93. The van der Waals surface area contributed by atoms with Gasteiger partial charge in [-0.3, -0.25) is 9.59 Å². The highest BCUT2D eigenvalue weighted by Crippen LogP contribution is 2.02. The number of nitrogens with zero attached hydrogens (tertiary/aromatic N) is 1. The van der Waals surface area contributed by atoms with Crippen molar-refractivity contribution in [3.05, 3.63) is 0 Å². The Bertz CT molecular complexity index is 229. The number of carboxylic acid groups (broad SMARTS) is 1. The Labute approximate surface area is 90.5 Å². The Balaban J connectivity index is 3.77. The summed E-state index contributed by atoms with van der Waals surface area (Å²) in [7, 11) is 3.40. The van der Waals surface area contributed by atoms with E-state index < -0.39 is 11.9 Å². The smallest absolute Gasteiger partial charge is 0.307 e. The lowest BCUT2D eigenvalue weighted by Crippen LogP contribution is -2.38. The molecule has 1 amide bonds. The predicted octanol–water partition coefficient (Wildman–Crippen LogP) is 0.164. The zero-order valence-corrected chi connectivity index (χ0v) is 9.78. The van der Waals surface area contributed by atoms with Crippen molar-refractivity contribution >= 4 is 11.9 Å². The fourth-order valence-corrected chi connectivity index (χ4v) is 1.02. The van der Waals surface area contributed by atoms with Gasteiger partial charge in [0.05, 0.1) is 5.92 Å². The van der Waals surface area contributed by atoms with E-state index in [0.29, 0.717) is 13.0 Å². The van der Waals surface area contributed by atoms with Crippen molar-refractivity contribution in [1.82, 2.24) is 10.2 Å². The molecule has 0 aromatic heterocycles. The quantitative estimate of drug-likeness (QED) is 0.663. The van der Waals surface area contributed by atoms with Crippen LogP contribution in [0.2, 0.25) is 0 Å². The van der Waals surface area contributed by atoms with Gasteiger partial charge in [-0.25, -0.2) is 0 Å². The van der Waals surface area contributed by atoms with Crippen molar-refractivity contribution in [3.63, 3.8) is 0 Å². The standard InChI is InChI=1S/C10H20N2O3/c1-7(10(14)15)8(2)11-6-5-9(13)12(3)4/h7-8,11H,5-6H2,1-4H3,(H,14,15). The molecule has 0 aliphatic heterocycles. The van der Waals surface area contributed by atoms with E-state index >= 15 is 0 Å². The molecule has 5 nitrogen and oxygen atoms in total. The summed E-state index contributed by atoms with van der Waals surface area (Å²) < 4.78 is 0. The summed E-state index contributed by atoms with van der Waals surface area (Å²) in [5.74, 6) is -1.23. The molecule has 0 saturated carbocycles. The van der Waals surface area contributed by atoms with Gasteiger partial charge in [-0.05, 0) is 6.92 Å². The number of hydrogen-bond donors (Lipinski definition) is 2. The second-order valence-electron chi connectivity index (χ2n) is 3.91. The molecule has 0 fully saturated rings. The Morgan fingerprint density at radius 1 is 1.33 bits per heavy atom. The third-order valence-electron chi connectivity index (χ3n) is 2.44. The average molecular weight is 216 g/mol. The van der Waals surface area contributed by atoms with Crippen LogP contribution in [0, 0.1) is 5.92 Å². The molecule has 2 N–H and O–H groups in total. The second kappa shape index (κ2) is 6.40. The SMILES string of the molecule is CC(NCCC(=O)N(C)C)C(C)C(=O)O. The van der Waals surface area contributed by atoms with E-state index in [1.54, 1.807) is 27.9 Å². The van der Waals surface area contributed by atoms with Crippen molar-refractivity contribution in [2.24, 2.45) is 5.92 Å². The van der Waals surface area contributed by atoms with Crippen LogP contribution in [0.3, 0.4) is 0 Å². The van der Waals surface area contributed by atoms with Gasteiger partial charge in [-0.2, -0.15) is 0 Å². The lowest BCUT2D eigenvalue weighted by atomic mass is 10.0. The summed E-state index contributed by atoms with van der Waals surface area (Å²) in [6.45, 7) is 3.96. The fourth-order valence-electron chi connectivity index (χ4n) is 1.02. The van der Waals surface area contributed by atoms with Crippen LogP contribution in [-0.2, 0) is 9.59 Å². The molecule has 88 valence electrons. The van der Waals surface area contributed by atoms with Crippen molar-refractivity contribution in [2.45, 2.75) is 26.3 Å². The highest BCUT2D eigenvalue weighted by molar-refractivity contribution is 5.75. The Morgan fingerprint density at radius 2 is 1.87 bits per heavy atom. The Morgan fingerprint density at radius 3 is 2.27 bits per heavy atom. The van der Waals surface area contributed by atoms with Crippen LogP contribution in [0.5, 0.6) is 0 Å². The first-order valence-corrected chi connectivity index (χ1v) is 5.02. The highest BCUT2D eigenvalue weighted by Gasteiger charge is 2.18. The van der Waals surface area contributed by atoms with E-state index in [1.165, 1.54) is 4.90 Å². The largest absolute Gasteiger partial charge is 0.481 e. The molecule has 5 heteroatoms. The number of aliphatic carboxylic acids is 1. The zero-order chi connectivity index (χ0) is 12.0. The van der Waals surface area contributed by atoms with Crippen LogP contribution in [0.15, 0.2) is 0 Å². The summed E-state index contributed by atoms with van der Waals surface area (Å²) in [4.78, 5) is 23.3. The molecule has 0 bridgehead atoms. The van der Waals surface area contributed by atoms with E-state index in [9.17, 15) is 9.59 Å². The van der Waals surface area contributed by atoms with Gasteiger partial charge < -0.3 is 15.3 Å². The minimum Gasteiger partial charge on any atom is -0.481 e. The summed E-state index contributed by atoms with van der Waals surface area (Å²) >= 11 is 0. The highest BCUT2D eigenvalue weighted by atomic mass is 16.4.